The van der Waals surface area contributed by atoms with Gasteiger partial charge in [0.1, 0.15) is 13.2 Å². The van der Waals surface area contributed by atoms with E-state index in [0.717, 1.165) is 75.5 Å². The van der Waals surface area contributed by atoms with Crippen molar-refractivity contribution in [2.45, 2.75) is 279 Å². The van der Waals surface area contributed by atoms with Crippen LogP contribution < -0.4 is 0 Å². The Morgan fingerprint density at radius 1 is 0.351 bits per heavy atom. The highest BCUT2D eigenvalue weighted by atomic mass is 16.6. The first-order valence-electron chi connectivity index (χ1n) is 25.1. The van der Waals surface area contributed by atoms with Crippen molar-refractivity contribution in [3.05, 3.63) is 0 Å². The van der Waals surface area contributed by atoms with Crippen LogP contribution >= 0.6 is 0 Å². The van der Waals surface area contributed by atoms with E-state index in [4.69, 9.17) is 14.2 Å². The molecule has 1 unspecified atom stereocenters. The van der Waals surface area contributed by atoms with Gasteiger partial charge in [-0.3, -0.25) is 14.4 Å². The van der Waals surface area contributed by atoms with E-state index in [9.17, 15) is 14.4 Å². The average molecular weight is 807 g/mol. The molecule has 0 aliphatic carbocycles. The lowest BCUT2D eigenvalue weighted by molar-refractivity contribution is -0.167. The molecule has 0 amide bonds. The van der Waals surface area contributed by atoms with E-state index in [1.165, 1.54) is 154 Å². The van der Waals surface area contributed by atoms with Crippen molar-refractivity contribution < 1.29 is 28.6 Å². The molecule has 6 nitrogen and oxygen atoms in total. The number of carbonyl (C=O) groups excluding carboxylic acids is 3. The largest absolute Gasteiger partial charge is 0.462 e. The van der Waals surface area contributed by atoms with Crippen LogP contribution in [0.15, 0.2) is 0 Å². The number of unbranched alkanes of at least 4 members (excludes halogenated alkanes) is 26. The van der Waals surface area contributed by atoms with Crippen molar-refractivity contribution in [1.29, 1.82) is 0 Å². The maximum absolute atomic E-state index is 12.8. The minimum atomic E-state index is -0.763. The van der Waals surface area contributed by atoms with Crippen molar-refractivity contribution >= 4 is 17.9 Å². The standard InChI is InChI=1S/C51H98O6/c1-7-47(6)39-33-27-21-15-12-13-16-22-28-34-40-49(52)55-43-48(44-56-50(53)41-35-29-24-18-20-26-32-38-46(4)5)57-51(54)42-36-30-23-17-11-9-8-10-14-19-25-31-37-45(2)3/h45-48H,7-44H2,1-6H3/t47?,48-/m0/s1. The molecule has 0 bridgehead atoms. The fourth-order valence-electron chi connectivity index (χ4n) is 7.55. The second-order valence-electron chi connectivity index (χ2n) is 18.6. The Morgan fingerprint density at radius 2 is 0.614 bits per heavy atom. The van der Waals surface area contributed by atoms with Crippen molar-refractivity contribution in [2.75, 3.05) is 13.2 Å². The van der Waals surface area contributed by atoms with E-state index in [2.05, 4.69) is 41.5 Å². The minimum absolute atomic E-state index is 0.0655. The molecule has 57 heavy (non-hydrogen) atoms. The molecule has 0 N–H and O–H groups in total. The van der Waals surface area contributed by atoms with Gasteiger partial charge < -0.3 is 14.2 Å². The van der Waals surface area contributed by atoms with Crippen LogP contribution in [-0.4, -0.2) is 37.2 Å². The molecule has 0 saturated carbocycles. The smallest absolute Gasteiger partial charge is 0.306 e. The topological polar surface area (TPSA) is 78.9 Å². The Morgan fingerprint density at radius 3 is 0.912 bits per heavy atom. The van der Waals surface area contributed by atoms with Gasteiger partial charge >= 0.3 is 17.9 Å². The van der Waals surface area contributed by atoms with Crippen LogP contribution in [0.2, 0.25) is 0 Å². The molecule has 0 heterocycles. The zero-order valence-electron chi connectivity index (χ0n) is 39.1. The summed E-state index contributed by atoms with van der Waals surface area (Å²) in [5.41, 5.74) is 0. The highest BCUT2D eigenvalue weighted by Crippen LogP contribution is 2.18. The Hall–Kier alpha value is -1.59. The summed E-state index contributed by atoms with van der Waals surface area (Å²) in [5.74, 6) is 1.63. The zero-order valence-corrected chi connectivity index (χ0v) is 39.1. The first-order chi connectivity index (χ1) is 27.6. The lowest BCUT2D eigenvalue weighted by atomic mass is 9.99. The number of rotatable bonds is 44. The fraction of sp³-hybridized carbons (Fsp3) is 0.941. The molecule has 2 atom stereocenters. The minimum Gasteiger partial charge on any atom is -0.462 e. The molecular formula is C51H98O6. The summed E-state index contributed by atoms with van der Waals surface area (Å²) >= 11 is 0. The van der Waals surface area contributed by atoms with Crippen molar-refractivity contribution in [3.63, 3.8) is 0 Å². The third-order valence-corrected chi connectivity index (χ3v) is 11.8. The number of carbonyl (C=O) groups is 3. The van der Waals surface area contributed by atoms with Crippen molar-refractivity contribution in [3.8, 4) is 0 Å². The molecule has 0 aliphatic rings. The second kappa shape index (κ2) is 42.5. The Balaban J connectivity index is 4.32. The van der Waals surface area contributed by atoms with Crippen molar-refractivity contribution in [2.24, 2.45) is 17.8 Å². The summed E-state index contributed by atoms with van der Waals surface area (Å²) in [6.45, 7) is 13.7. The molecular weight excluding hydrogens is 709 g/mol. The summed E-state index contributed by atoms with van der Waals surface area (Å²) in [4.78, 5) is 37.9. The van der Waals surface area contributed by atoms with Crippen LogP contribution in [0.1, 0.15) is 273 Å². The fourth-order valence-corrected chi connectivity index (χ4v) is 7.55. The van der Waals surface area contributed by atoms with E-state index in [1.54, 1.807) is 0 Å². The summed E-state index contributed by atoms with van der Waals surface area (Å²) in [7, 11) is 0. The lowest BCUT2D eigenvalue weighted by Crippen LogP contribution is -2.30. The number of hydrogen-bond acceptors (Lipinski definition) is 6. The van der Waals surface area contributed by atoms with E-state index < -0.39 is 6.10 Å². The van der Waals surface area contributed by atoms with Crippen LogP contribution in [0.5, 0.6) is 0 Å². The summed E-state index contributed by atoms with van der Waals surface area (Å²) < 4.78 is 16.8. The maximum atomic E-state index is 12.8. The van der Waals surface area contributed by atoms with Gasteiger partial charge in [0.2, 0.25) is 0 Å². The first-order valence-corrected chi connectivity index (χ1v) is 25.1. The quantitative estimate of drug-likeness (QED) is 0.0347. The maximum Gasteiger partial charge on any atom is 0.306 e. The molecule has 0 aromatic heterocycles. The average Bonchev–Trinajstić information content (AvgIpc) is 3.18. The zero-order chi connectivity index (χ0) is 42.0. The summed E-state index contributed by atoms with van der Waals surface area (Å²) in [6.07, 6.45) is 40.9. The Kier molecular flexibility index (Phi) is 41.3. The predicted octanol–water partition coefficient (Wildman–Crippen LogP) is 16.0. The Labute approximate surface area is 355 Å². The number of ether oxygens (including phenoxy) is 3. The monoisotopic (exact) mass is 807 g/mol. The molecule has 0 rings (SSSR count). The first kappa shape index (κ1) is 55.4. The highest BCUT2D eigenvalue weighted by Gasteiger charge is 2.19. The summed E-state index contributed by atoms with van der Waals surface area (Å²) in [6, 6.07) is 0. The third-order valence-electron chi connectivity index (χ3n) is 11.8. The molecule has 338 valence electrons. The number of esters is 3. The van der Waals surface area contributed by atoms with E-state index in [-0.39, 0.29) is 31.1 Å². The molecule has 0 saturated heterocycles. The van der Waals surface area contributed by atoms with Crippen LogP contribution in [0.25, 0.3) is 0 Å². The molecule has 0 fully saturated rings. The molecule has 0 aromatic rings. The van der Waals surface area contributed by atoms with Gasteiger partial charge in [-0.2, -0.15) is 0 Å². The van der Waals surface area contributed by atoms with Gasteiger partial charge in [0.15, 0.2) is 6.10 Å². The van der Waals surface area contributed by atoms with Gasteiger partial charge in [-0.25, -0.2) is 0 Å². The molecule has 0 aromatic carbocycles. The van der Waals surface area contributed by atoms with Gasteiger partial charge in [-0.05, 0) is 37.0 Å². The van der Waals surface area contributed by atoms with E-state index in [1.807, 2.05) is 0 Å². The van der Waals surface area contributed by atoms with Crippen molar-refractivity contribution in [1.82, 2.24) is 0 Å². The van der Waals surface area contributed by atoms with Crippen LogP contribution in [0.3, 0.4) is 0 Å². The number of hydrogen-bond donors (Lipinski definition) is 0. The van der Waals surface area contributed by atoms with Crippen LogP contribution in [-0.2, 0) is 28.6 Å². The lowest BCUT2D eigenvalue weighted by Gasteiger charge is -2.18. The molecule has 6 heteroatoms. The Bertz CT molecular complexity index is 885. The van der Waals surface area contributed by atoms with Gasteiger partial charge in [0.05, 0.1) is 0 Å². The molecule has 0 aliphatic heterocycles. The van der Waals surface area contributed by atoms with Crippen LogP contribution in [0.4, 0.5) is 0 Å². The van der Waals surface area contributed by atoms with Gasteiger partial charge in [0, 0.05) is 19.3 Å². The van der Waals surface area contributed by atoms with Gasteiger partial charge in [0.25, 0.3) is 0 Å². The van der Waals surface area contributed by atoms with Gasteiger partial charge in [-0.15, -0.1) is 0 Å². The molecule has 0 spiro atoms. The van der Waals surface area contributed by atoms with Crippen LogP contribution in [0, 0.1) is 17.8 Å². The predicted molar refractivity (Wildman–Crippen MR) is 243 cm³/mol. The van der Waals surface area contributed by atoms with Gasteiger partial charge in [-0.1, -0.05) is 234 Å². The highest BCUT2D eigenvalue weighted by molar-refractivity contribution is 5.71. The van der Waals surface area contributed by atoms with E-state index in [0.29, 0.717) is 19.3 Å². The molecule has 0 radical (unpaired) electrons. The third kappa shape index (κ3) is 43.8. The summed E-state index contributed by atoms with van der Waals surface area (Å²) in [5, 5.41) is 0. The van der Waals surface area contributed by atoms with E-state index >= 15 is 0 Å². The second-order valence-corrected chi connectivity index (χ2v) is 18.6. The SMILES string of the molecule is CCC(C)CCCCCCCCCCCCC(=O)OC[C@@H](COC(=O)CCCCCCCCCC(C)C)OC(=O)CCCCCCCCCCCCCCC(C)C. The normalized spacial score (nSPS) is 12.6.